The van der Waals surface area contributed by atoms with E-state index in [1.807, 2.05) is 20.0 Å². The lowest BCUT2D eigenvalue weighted by molar-refractivity contribution is 0.0762. The smallest absolute Gasteiger partial charge is 0.121 e. The van der Waals surface area contributed by atoms with Crippen LogP contribution in [-0.4, -0.2) is 11.6 Å². The van der Waals surface area contributed by atoms with Crippen molar-refractivity contribution >= 4 is 22.9 Å². The van der Waals surface area contributed by atoms with E-state index in [4.69, 9.17) is 16.3 Å². The first-order chi connectivity index (χ1) is 5.77. The van der Waals surface area contributed by atoms with E-state index in [9.17, 15) is 0 Å². The second kappa shape index (κ2) is 4.80. The quantitative estimate of drug-likeness (QED) is 0.706. The highest BCUT2D eigenvalue weighted by molar-refractivity contribution is 7.11. The van der Waals surface area contributed by atoms with Crippen molar-refractivity contribution in [1.82, 2.24) is 4.98 Å². The molecule has 0 spiro atoms. The Kier molecular flexibility index (Phi) is 3.98. The molecule has 1 atom stereocenters. The predicted molar refractivity (Wildman–Crippen MR) is 51.7 cm³/mol. The van der Waals surface area contributed by atoms with Crippen LogP contribution in [0.4, 0.5) is 0 Å². The van der Waals surface area contributed by atoms with Gasteiger partial charge in [-0.2, -0.15) is 0 Å². The maximum absolute atomic E-state index is 5.65. The third kappa shape index (κ3) is 2.44. The van der Waals surface area contributed by atoms with Crippen LogP contribution in [0.2, 0.25) is 0 Å². The van der Waals surface area contributed by atoms with Gasteiger partial charge in [-0.05, 0) is 13.8 Å². The van der Waals surface area contributed by atoms with Crippen LogP contribution in [0.3, 0.4) is 0 Å². The van der Waals surface area contributed by atoms with Crippen molar-refractivity contribution in [2.24, 2.45) is 0 Å². The van der Waals surface area contributed by atoms with Gasteiger partial charge in [0.25, 0.3) is 0 Å². The van der Waals surface area contributed by atoms with Crippen LogP contribution >= 0.6 is 22.9 Å². The van der Waals surface area contributed by atoms with Crippen molar-refractivity contribution in [2.75, 3.05) is 6.61 Å². The SMILES string of the molecule is CCOC(C)c1ncc(CCl)s1. The minimum atomic E-state index is 0.0944. The average Bonchev–Trinajstić information content (AvgIpc) is 2.52. The van der Waals surface area contributed by atoms with Gasteiger partial charge in [0.2, 0.25) is 0 Å². The first-order valence-electron chi connectivity index (χ1n) is 3.90. The third-order valence-electron chi connectivity index (χ3n) is 1.47. The van der Waals surface area contributed by atoms with Crippen molar-refractivity contribution in [2.45, 2.75) is 25.8 Å². The first-order valence-corrected chi connectivity index (χ1v) is 5.25. The molecule has 12 heavy (non-hydrogen) atoms. The molecule has 0 saturated heterocycles. The Morgan fingerprint density at radius 1 is 1.75 bits per heavy atom. The van der Waals surface area contributed by atoms with Gasteiger partial charge in [-0.15, -0.1) is 22.9 Å². The summed E-state index contributed by atoms with van der Waals surface area (Å²) in [6.07, 6.45) is 1.90. The van der Waals surface area contributed by atoms with Gasteiger partial charge in [-0.25, -0.2) is 4.98 Å². The van der Waals surface area contributed by atoms with Crippen LogP contribution in [0.15, 0.2) is 6.20 Å². The van der Waals surface area contributed by atoms with Crippen molar-refractivity contribution in [1.29, 1.82) is 0 Å². The Balaban J connectivity index is 2.61. The summed E-state index contributed by atoms with van der Waals surface area (Å²) in [7, 11) is 0. The predicted octanol–water partition coefficient (Wildman–Crippen LogP) is 2.98. The zero-order valence-corrected chi connectivity index (χ0v) is 8.78. The molecule has 0 aliphatic rings. The fourth-order valence-electron chi connectivity index (χ4n) is 0.894. The molecule has 0 aromatic carbocycles. The lowest BCUT2D eigenvalue weighted by atomic mass is 10.4. The van der Waals surface area contributed by atoms with Gasteiger partial charge in [-0.1, -0.05) is 0 Å². The summed E-state index contributed by atoms with van der Waals surface area (Å²) in [5.41, 5.74) is 0. The lowest BCUT2D eigenvalue weighted by Crippen LogP contribution is -1.97. The van der Waals surface area contributed by atoms with Crippen LogP contribution in [0.5, 0.6) is 0 Å². The molecule has 1 aromatic rings. The summed E-state index contributed by atoms with van der Waals surface area (Å²) in [5.74, 6) is 0.538. The fourth-order valence-corrected chi connectivity index (χ4v) is 1.89. The highest BCUT2D eigenvalue weighted by Crippen LogP contribution is 2.23. The molecule has 0 fully saturated rings. The number of hydrogen-bond acceptors (Lipinski definition) is 3. The monoisotopic (exact) mass is 205 g/mol. The van der Waals surface area contributed by atoms with Crippen molar-refractivity contribution < 1.29 is 4.74 Å². The number of thiazole rings is 1. The zero-order valence-electron chi connectivity index (χ0n) is 7.21. The molecule has 0 N–H and O–H groups in total. The largest absolute Gasteiger partial charge is 0.372 e. The number of aromatic nitrogens is 1. The zero-order chi connectivity index (χ0) is 8.97. The summed E-state index contributed by atoms with van der Waals surface area (Å²) in [6.45, 7) is 4.70. The van der Waals surface area contributed by atoms with Crippen LogP contribution in [-0.2, 0) is 10.6 Å². The molecular weight excluding hydrogens is 194 g/mol. The molecular formula is C8H12ClNOS. The van der Waals surface area contributed by atoms with Gasteiger partial charge in [0, 0.05) is 17.7 Å². The van der Waals surface area contributed by atoms with Gasteiger partial charge >= 0.3 is 0 Å². The van der Waals surface area contributed by atoms with Crippen LogP contribution in [0.25, 0.3) is 0 Å². The summed E-state index contributed by atoms with van der Waals surface area (Å²) < 4.78 is 5.39. The van der Waals surface area contributed by atoms with Crippen molar-refractivity contribution in [3.05, 3.63) is 16.1 Å². The molecule has 0 radical (unpaired) electrons. The standard InChI is InChI=1S/C8H12ClNOS/c1-3-11-6(2)8-10-5-7(4-9)12-8/h5-6H,3-4H2,1-2H3. The Bertz CT molecular complexity index is 239. The second-order valence-electron chi connectivity index (χ2n) is 2.40. The Morgan fingerprint density at radius 3 is 3.00 bits per heavy atom. The summed E-state index contributed by atoms with van der Waals surface area (Å²) in [6, 6.07) is 0. The normalized spacial score (nSPS) is 13.2. The van der Waals surface area contributed by atoms with E-state index in [-0.39, 0.29) is 6.10 Å². The summed E-state index contributed by atoms with van der Waals surface area (Å²) in [4.78, 5) is 5.31. The second-order valence-corrected chi connectivity index (χ2v) is 3.81. The molecule has 0 amide bonds. The molecule has 1 rings (SSSR count). The third-order valence-corrected chi connectivity index (χ3v) is 3.07. The number of ether oxygens (including phenoxy) is 1. The highest BCUT2D eigenvalue weighted by Gasteiger charge is 2.09. The fraction of sp³-hybridized carbons (Fsp3) is 0.625. The molecule has 1 unspecified atom stereocenters. The van der Waals surface area contributed by atoms with Crippen molar-refractivity contribution in [3.63, 3.8) is 0 Å². The van der Waals surface area contributed by atoms with Crippen LogP contribution in [0, 0.1) is 0 Å². The van der Waals surface area contributed by atoms with E-state index in [1.54, 1.807) is 11.3 Å². The van der Waals surface area contributed by atoms with E-state index in [0.717, 1.165) is 16.5 Å². The van der Waals surface area contributed by atoms with Gasteiger partial charge in [-0.3, -0.25) is 0 Å². The summed E-state index contributed by atoms with van der Waals surface area (Å²) in [5, 5.41) is 1.01. The van der Waals surface area contributed by atoms with E-state index < -0.39 is 0 Å². The van der Waals surface area contributed by atoms with E-state index in [2.05, 4.69) is 4.98 Å². The first kappa shape index (κ1) is 9.96. The Labute approximate surface area is 81.5 Å². The minimum Gasteiger partial charge on any atom is -0.372 e. The lowest BCUT2D eigenvalue weighted by Gasteiger charge is -2.06. The average molecular weight is 206 g/mol. The maximum atomic E-state index is 5.65. The molecule has 0 aliphatic heterocycles. The van der Waals surface area contributed by atoms with E-state index >= 15 is 0 Å². The molecule has 0 saturated carbocycles. The molecule has 68 valence electrons. The van der Waals surface area contributed by atoms with Crippen molar-refractivity contribution in [3.8, 4) is 0 Å². The molecule has 0 bridgehead atoms. The Morgan fingerprint density at radius 2 is 2.50 bits per heavy atom. The highest BCUT2D eigenvalue weighted by atomic mass is 35.5. The summed E-state index contributed by atoms with van der Waals surface area (Å²) >= 11 is 7.26. The van der Waals surface area contributed by atoms with Gasteiger partial charge < -0.3 is 4.74 Å². The number of nitrogens with zero attached hydrogens (tertiary/aromatic N) is 1. The number of rotatable bonds is 4. The Hall–Kier alpha value is -0.120. The van der Waals surface area contributed by atoms with E-state index in [1.165, 1.54) is 0 Å². The molecule has 2 nitrogen and oxygen atoms in total. The number of alkyl halides is 1. The number of halogens is 1. The topological polar surface area (TPSA) is 22.1 Å². The molecule has 1 aromatic heterocycles. The molecule has 4 heteroatoms. The van der Waals surface area contributed by atoms with Crippen LogP contribution < -0.4 is 0 Å². The van der Waals surface area contributed by atoms with Crippen LogP contribution in [0.1, 0.15) is 29.8 Å². The number of hydrogen-bond donors (Lipinski definition) is 0. The van der Waals surface area contributed by atoms with Gasteiger partial charge in [0.05, 0.1) is 5.88 Å². The van der Waals surface area contributed by atoms with E-state index in [0.29, 0.717) is 5.88 Å². The maximum Gasteiger partial charge on any atom is 0.121 e. The molecule has 0 aliphatic carbocycles. The van der Waals surface area contributed by atoms with Gasteiger partial charge in [0.15, 0.2) is 0 Å². The van der Waals surface area contributed by atoms with Gasteiger partial charge in [0.1, 0.15) is 11.1 Å². The minimum absolute atomic E-state index is 0.0944. The molecule has 1 heterocycles.